The Hall–Kier alpha value is -0.320. The number of halogens is 2. The van der Waals surface area contributed by atoms with Gasteiger partial charge in [0.15, 0.2) is 4.75 Å². The molecule has 0 saturated heterocycles. The van der Waals surface area contributed by atoms with E-state index in [1.165, 1.54) is 6.92 Å². The van der Waals surface area contributed by atoms with Crippen molar-refractivity contribution in [3.63, 3.8) is 0 Å². The summed E-state index contributed by atoms with van der Waals surface area (Å²) in [5.41, 5.74) is 0. The molecule has 2 N–H and O–H groups in total. The molecule has 122 valence electrons. The van der Waals surface area contributed by atoms with E-state index in [1.807, 2.05) is 0 Å². The maximum atomic E-state index is 14.7. The van der Waals surface area contributed by atoms with Crippen LogP contribution in [-0.2, 0) is 20.1 Å². The van der Waals surface area contributed by atoms with Crippen LogP contribution in [0.2, 0.25) is 0 Å². The first-order chi connectivity index (χ1) is 8.68. The molecule has 2 atom stereocenters. The summed E-state index contributed by atoms with van der Waals surface area (Å²) in [6, 6.07) is 0. The van der Waals surface area contributed by atoms with Crippen molar-refractivity contribution in [1.82, 2.24) is 4.72 Å². The van der Waals surface area contributed by atoms with Gasteiger partial charge in [0.1, 0.15) is 4.75 Å². The summed E-state index contributed by atoms with van der Waals surface area (Å²) in [7, 11) is -8.70. The van der Waals surface area contributed by atoms with E-state index in [2.05, 4.69) is 0 Å². The minimum Gasteiger partial charge on any atom is -0.285 e. The van der Waals surface area contributed by atoms with Crippen LogP contribution in [0.3, 0.4) is 0 Å². The highest BCUT2D eigenvalue weighted by molar-refractivity contribution is 7.91. The fourth-order valence-corrected chi connectivity index (χ4v) is 4.30. The van der Waals surface area contributed by atoms with Gasteiger partial charge in [-0.05, 0) is 33.7 Å². The van der Waals surface area contributed by atoms with Gasteiger partial charge >= 0.3 is 0 Å². The lowest BCUT2D eigenvalue weighted by Gasteiger charge is -2.44. The van der Waals surface area contributed by atoms with E-state index < -0.39 is 48.4 Å². The van der Waals surface area contributed by atoms with Gasteiger partial charge in [-0.15, -0.1) is 0 Å². The first kappa shape index (κ1) is 19.7. The summed E-state index contributed by atoms with van der Waals surface area (Å²) >= 11 is 0. The van der Waals surface area contributed by atoms with E-state index in [9.17, 15) is 25.6 Å². The predicted molar refractivity (Wildman–Crippen MR) is 71.9 cm³/mol. The second-order valence-corrected chi connectivity index (χ2v) is 9.09. The van der Waals surface area contributed by atoms with Gasteiger partial charge in [-0.3, -0.25) is 4.55 Å². The zero-order valence-electron chi connectivity index (χ0n) is 12.1. The summed E-state index contributed by atoms with van der Waals surface area (Å²) in [6.45, 7) is 3.76. The van der Waals surface area contributed by atoms with Gasteiger partial charge in [-0.25, -0.2) is 21.9 Å². The van der Waals surface area contributed by atoms with E-state index in [0.29, 0.717) is 6.92 Å². The molecule has 0 amide bonds. The minimum atomic E-state index is -5.18. The Morgan fingerprint density at radius 2 is 1.35 bits per heavy atom. The highest BCUT2D eigenvalue weighted by Gasteiger charge is 2.70. The van der Waals surface area contributed by atoms with Crippen molar-refractivity contribution in [1.29, 1.82) is 0 Å². The first-order valence-electron chi connectivity index (χ1n) is 5.96. The van der Waals surface area contributed by atoms with Gasteiger partial charge in [0.05, 0.1) is 0 Å². The minimum absolute atomic E-state index is 0.533. The van der Waals surface area contributed by atoms with Gasteiger partial charge in [-0.2, -0.15) is 8.42 Å². The van der Waals surface area contributed by atoms with Crippen LogP contribution in [0.25, 0.3) is 0 Å². The van der Waals surface area contributed by atoms with Gasteiger partial charge in [0.25, 0.3) is 16.0 Å². The molecule has 0 aliphatic rings. The normalized spacial score (nSPS) is 20.2. The third-order valence-corrected chi connectivity index (χ3v) is 8.06. The number of hydrogen-bond donors (Lipinski definition) is 2. The second-order valence-electron chi connectivity index (χ2n) is 4.93. The molecular formula is C10H21F2NO5S2. The Labute approximate surface area is 118 Å². The first-order valence-corrected chi connectivity index (χ1v) is 8.88. The smallest absolute Gasteiger partial charge is 0.285 e. The summed E-state index contributed by atoms with van der Waals surface area (Å²) in [4.78, 5) is 0. The molecule has 0 aliphatic carbocycles. The van der Waals surface area contributed by atoms with Crippen LogP contribution in [0, 0.1) is 0 Å². The number of hydrogen-bond acceptors (Lipinski definition) is 4. The van der Waals surface area contributed by atoms with Crippen LogP contribution in [-0.4, -0.2) is 43.9 Å². The molecule has 2 unspecified atom stereocenters. The van der Waals surface area contributed by atoms with Crippen LogP contribution in [0.5, 0.6) is 0 Å². The van der Waals surface area contributed by atoms with Crippen molar-refractivity contribution < 1.29 is 30.2 Å². The van der Waals surface area contributed by atoms with Gasteiger partial charge in [0, 0.05) is 0 Å². The maximum absolute atomic E-state index is 14.7. The lowest BCUT2D eigenvalue weighted by molar-refractivity contribution is -0.0763. The molecule has 0 aromatic rings. The fourth-order valence-electron chi connectivity index (χ4n) is 1.93. The SMILES string of the molecule is CCC(C)(C(F)(F)C(C)(CC)S(=O)(=O)NC)S(=O)(=O)O. The third-order valence-electron chi connectivity index (χ3n) is 4.11. The molecule has 0 fully saturated rings. The molecule has 0 rings (SSSR count). The van der Waals surface area contributed by atoms with Gasteiger partial charge in [-0.1, -0.05) is 13.8 Å². The molecule has 0 heterocycles. The molecule has 20 heavy (non-hydrogen) atoms. The number of rotatable bonds is 7. The Kier molecular flexibility index (Phi) is 5.38. The van der Waals surface area contributed by atoms with Crippen molar-refractivity contribution in [3.05, 3.63) is 0 Å². The topological polar surface area (TPSA) is 101 Å². The van der Waals surface area contributed by atoms with Crippen LogP contribution in [0.1, 0.15) is 40.5 Å². The molecular weight excluding hydrogens is 316 g/mol. The molecule has 0 aliphatic heterocycles. The quantitative estimate of drug-likeness (QED) is 0.684. The van der Waals surface area contributed by atoms with E-state index in [-0.39, 0.29) is 0 Å². The van der Waals surface area contributed by atoms with Crippen molar-refractivity contribution in [2.45, 2.75) is 56.0 Å². The van der Waals surface area contributed by atoms with E-state index in [0.717, 1.165) is 20.9 Å². The largest absolute Gasteiger partial charge is 0.289 e. The lowest BCUT2D eigenvalue weighted by Crippen LogP contribution is -2.66. The highest BCUT2D eigenvalue weighted by atomic mass is 32.2. The summed E-state index contributed by atoms with van der Waals surface area (Å²) in [5, 5.41) is 0. The molecule has 0 spiro atoms. The number of sulfonamides is 1. The van der Waals surface area contributed by atoms with Crippen molar-refractivity contribution in [2.75, 3.05) is 7.05 Å². The Balaban J connectivity index is 6.47. The Morgan fingerprint density at radius 3 is 1.55 bits per heavy atom. The Bertz CT molecular complexity index is 560. The molecule has 0 aromatic heterocycles. The number of nitrogens with one attached hydrogen (secondary N) is 1. The fraction of sp³-hybridized carbons (Fsp3) is 1.00. The Morgan fingerprint density at radius 1 is 1.00 bits per heavy atom. The molecule has 0 saturated carbocycles. The van der Waals surface area contributed by atoms with E-state index in [4.69, 9.17) is 4.55 Å². The van der Waals surface area contributed by atoms with Crippen LogP contribution in [0.15, 0.2) is 0 Å². The van der Waals surface area contributed by atoms with Gasteiger partial charge < -0.3 is 0 Å². The molecule has 0 aromatic carbocycles. The standard InChI is InChI=1S/C10H21F2NO5S2/c1-6-8(3,19(14,15)13-5)10(11,12)9(4,7-2)20(16,17)18/h13H,6-7H2,1-5H3,(H,16,17,18). The monoisotopic (exact) mass is 337 g/mol. The summed E-state index contributed by atoms with van der Waals surface area (Å²) < 4.78 is 81.4. The van der Waals surface area contributed by atoms with Crippen LogP contribution >= 0.6 is 0 Å². The van der Waals surface area contributed by atoms with Crippen molar-refractivity contribution in [3.8, 4) is 0 Å². The zero-order chi connectivity index (χ0) is 16.6. The lowest BCUT2D eigenvalue weighted by atomic mass is 9.87. The number of alkyl halides is 2. The molecule has 6 nitrogen and oxygen atoms in total. The second kappa shape index (κ2) is 5.47. The molecule has 10 heteroatoms. The van der Waals surface area contributed by atoms with Gasteiger partial charge in [0.2, 0.25) is 10.0 Å². The van der Waals surface area contributed by atoms with E-state index in [1.54, 1.807) is 4.72 Å². The predicted octanol–water partition coefficient (Wildman–Crippen LogP) is 1.40. The van der Waals surface area contributed by atoms with E-state index >= 15 is 0 Å². The average molecular weight is 337 g/mol. The zero-order valence-corrected chi connectivity index (χ0v) is 13.7. The maximum Gasteiger partial charge on any atom is 0.289 e. The molecule has 0 radical (unpaired) electrons. The van der Waals surface area contributed by atoms with Crippen LogP contribution in [0.4, 0.5) is 8.78 Å². The summed E-state index contributed by atoms with van der Waals surface area (Å²) in [5.74, 6) is -4.21. The van der Waals surface area contributed by atoms with Crippen LogP contribution < -0.4 is 4.72 Å². The third kappa shape index (κ3) is 2.46. The highest BCUT2D eigenvalue weighted by Crippen LogP contribution is 2.49. The molecule has 0 bridgehead atoms. The van der Waals surface area contributed by atoms with Crippen molar-refractivity contribution >= 4 is 20.1 Å². The van der Waals surface area contributed by atoms with Crippen molar-refractivity contribution in [2.24, 2.45) is 0 Å². The average Bonchev–Trinajstić information content (AvgIpc) is 2.34. The summed E-state index contributed by atoms with van der Waals surface area (Å²) in [6.07, 6.45) is -1.18.